The molecule has 0 aliphatic rings. The molecule has 4 heteroatoms. The van der Waals surface area contributed by atoms with Crippen LogP contribution in [0.5, 0.6) is 0 Å². The molecule has 3 nitrogen and oxygen atoms in total. The lowest BCUT2D eigenvalue weighted by molar-refractivity contribution is 0.692. The molecule has 0 atom stereocenters. The van der Waals surface area contributed by atoms with E-state index in [0.29, 0.717) is 0 Å². The zero-order valence-electron chi connectivity index (χ0n) is 9.15. The summed E-state index contributed by atoms with van der Waals surface area (Å²) in [5.74, 6) is 0. The first-order valence-electron chi connectivity index (χ1n) is 5.17. The third-order valence-corrected chi connectivity index (χ3v) is 2.83. The molecule has 0 aliphatic heterocycles. The van der Waals surface area contributed by atoms with Gasteiger partial charge in [0.15, 0.2) is 0 Å². The highest BCUT2D eigenvalue weighted by atomic mass is 79.9. The van der Waals surface area contributed by atoms with Crippen molar-refractivity contribution in [3.05, 3.63) is 52.5 Å². The summed E-state index contributed by atoms with van der Waals surface area (Å²) in [5, 5.41) is 3.16. The molecule has 2 aromatic rings. The predicted molar refractivity (Wildman–Crippen MR) is 68.2 cm³/mol. The van der Waals surface area contributed by atoms with Gasteiger partial charge in [-0.15, -0.1) is 0 Å². The summed E-state index contributed by atoms with van der Waals surface area (Å²) in [6.45, 7) is 1.74. The summed E-state index contributed by atoms with van der Waals surface area (Å²) in [4.78, 5) is 4.16. The van der Waals surface area contributed by atoms with Gasteiger partial charge in [0.1, 0.15) is 0 Å². The number of hydrogen-bond donors (Lipinski definition) is 1. The number of pyridine rings is 1. The summed E-state index contributed by atoms with van der Waals surface area (Å²) in [6.07, 6.45) is 5.79. The van der Waals surface area contributed by atoms with Gasteiger partial charge in [0.25, 0.3) is 0 Å². The molecule has 84 valence electrons. The van der Waals surface area contributed by atoms with Crippen LogP contribution in [0.15, 0.2) is 41.3 Å². The van der Waals surface area contributed by atoms with Crippen LogP contribution in [0.2, 0.25) is 0 Å². The Morgan fingerprint density at radius 2 is 2.31 bits per heavy atom. The van der Waals surface area contributed by atoms with Crippen LogP contribution in [0.4, 0.5) is 0 Å². The minimum absolute atomic E-state index is 0.858. The van der Waals surface area contributed by atoms with Crippen molar-refractivity contribution in [3.63, 3.8) is 0 Å². The van der Waals surface area contributed by atoms with Crippen LogP contribution in [-0.2, 0) is 13.1 Å². The molecule has 0 fully saturated rings. The first-order chi connectivity index (χ1) is 7.79. The first-order valence-corrected chi connectivity index (χ1v) is 5.97. The molecule has 2 heterocycles. The van der Waals surface area contributed by atoms with E-state index in [9.17, 15) is 0 Å². The second-order valence-electron chi connectivity index (χ2n) is 3.67. The molecular weight excluding hydrogens is 266 g/mol. The second kappa shape index (κ2) is 5.27. The van der Waals surface area contributed by atoms with E-state index in [2.05, 4.69) is 55.2 Å². The third kappa shape index (κ3) is 2.71. The number of rotatable bonds is 4. The molecule has 0 amide bonds. The Morgan fingerprint density at radius 3 is 3.06 bits per heavy atom. The summed E-state index contributed by atoms with van der Waals surface area (Å²) >= 11 is 3.43. The van der Waals surface area contributed by atoms with Crippen LogP contribution in [0.3, 0.4) is 0 Å². The fraction of sp³-hybridized carbons (Fsp3) is 0.250. The maximum absolute atomic E-state index is 4.16. The zero-order valence-corrected chi connectivity index (χ0v) is 10.7. The number of hydrogen-bond acceptors (Lipinski definition) is 2. The average molecular weight is 280 g/mol. The molecule has 0 radical (unpaired) electrons. The third-order valence-electron chi connectivity index (χ3n) is 2.40. The van der Waals surface area contributed by atoms with E-state index < -0.39 is 0 Å². The lowest BCUT2D eigenvalue weighted by Crippen LogP contribution is -2.11. The van der Waals surface area contributed by atoms with Gasteiger partial charge in [-0.1, -0.05) is 0 Å². The number of nitrogens with one attached hydrogen (secondary N) is 1. The van der Waals surface area contributed by atoms with E-state index in [0.717, 1.165) is 17.6 Å². The van der Waals surface area contributed by atoms with Gasteiger partial charge in [0.2, 0.25) is 0 Å². The minimum Gasteiger partial charge on any atom is -0.346 e. The highest BCUT2D eigenvalue weighted by molar-refractivity contribution is 9.10. The van der Waals surface area contributed by atoms with Gasteiger partial charge in [-0.05, 0) is 46.7 Å². The van der Waals surface area contributed by atoms with Crippen molar-refractivity contribution in [1.82, 2.24) is 14.9 Å². The van der Waals surface area contributed by atoms with E-state index in [-0.39, 0.29) is 0 Å². The van der Waals surface area contributed by atoms with E-state index in [1.807, 2.05) is 13.2 Å². The summed E-state index contributed by atoms with van der Waals surface area (Å²) < 4.78 is 3.24. The quantitative estimate of drug-likeness (QED) is 0.932. The minimum atomic E-state index is 0.858. The maximum Gasteiger partial charge on any atom is 0.0489 e. The second-order valence-corrected chi connectivity index (χ2v) is 4.58. The van der Waals surface area contributed by atoms with Crippen molar-refractivity contribution in [2.24, 2.45) is 0 Å². The normalized spacial score (nSPS) is 10.6. The summed E-state index contributed by atoms with van der Waals surface area (Å²) in [7, 11) is 1.96. The van der Waals surface area contributed by atoms with Gasteiger partial charge in [-0.25, -0.2) is 0 Å². The highest BCUT2D eigenvalue weighted by Crippen LogP contribution is 2.12. The van der Waals surface area contributed by atoms with Crippen molar-refractivity contribution >= 4 is 15.9 Å². The Labute approximate surface area is 104 Å². The molecular formula is C12H14BrN3. The molecule has 0 bridgehead atoms. The van der Waals surface area contributed by atoms with Gasteiger partial charge in [0, 0.05) is 41.8 Å². The van der Waals surface area contributed by atoms with Crippen LogP contribution in [-0.4, -0.2) is 16.6 Å². The van der Waals surface area contributed by atoms with Gasteiger partial charge in [0.05, 0.1) is 0 Å². The zero-order chi connectivity index (χ0) is 11.4. The van der Waals surface area contributed by atoms with Gasteiger partial charge >= 0.3 is 0 Å². The summed E-state index contributed by atoms with van der Waals surface area (Å²) in [6, 6.07) is 6.29. The van der Waals surface area contributed by atoms with E-state index in [1.54, 1.807) is 6.20 Å². The van der Waals surface area contributed by atoms with E-state index >= 15 is 0 Å². The SMILES string of the molecule is CNCc1cccn1Cc1cncc(Br)c1. The fourth-order valence-corrected chi connectivity index (χ4v) is 2.10. The van der Waals surface area contributed by atoms with Crippen molar-refractivity contribution in [3.8, 4) is 0 Å². The molecule has 2 rings (SSSR count). The van der Waals surface area contributed by atoms with Crippen LogP contribution in [0, 0.1) is 0 Å². The molecule has 0 saturated carbocycles. The Balaban J connectivity index is 2.17. The molecule has 0 saturated heterocycles. The van der Waals surface area contributed by atoms with Crippen LogP contribution in [0.1, 0.15) is 11.3 Å². The Kier molecular flexibility index (Phi) is 3.74. The monoisotopic (exact) mass is 279 g/mol. The van der Waals surface area contributed by atoms with Crippen LogP contribution < -0.4 is 5.32 Å². The largest absolute Gasteiger partial charge is 0.346 e. The number of aromatic nitrogens is 2. The standard InChI is InChI=1S/C12H14BrN3/c1-14-8-12-3-2-4-16(12)9-10-5-11(13)7-15-6-10/h2-7,14H,8-9H2,1H3. The first kappa shape index (κ1) is 11.4. The average Bonchev–Trinajstić information content (AvgIpc) is 2.66. The predicted octanol–water partition coefficient (Wildman–Crippen LogP) is 2.41. The number of halogens is 1. The Bertz CT molecular complexity index is 465. The van der Waals surface area contributed by atoms with E-state index in [1.165, 1.54) is 11.3 Å². The fourth-order valence-electron chi connectivity index (χ4n) is 1.68. The van der Waals surface area contributed by atoms with Crippen LogP contribution in [0.25, 0.3) is 0 Å². The molecule has 0 spiro atoms. The summed E-state index contributed by atoms with van der Waals surface area (Å²) in [5.41, 5.74) is 2.48. The Hall–Kier alpha value is -1.13. The molecule has 2 aromatic heterocycles. The smallest absolute Gasteiger partial charge is 0.0489 e. The van der Waals surface area contributed by atoms with E-state index in [4.69, 9.17) is 0 Å². The molecule has 1 N–H and O–H groups in total. The number of nitrogens with zero attached hydrogens (tertiary/aromatic N) is 2. The molecule has 0 unspecified atom stereocenters. The van der Waals surface area contributed by atoms with Gasteiger partial charge in [-0.3, -0.25) is 4.98 Å². The molecule has 0 aliphatic carbocycles. The van der Waals surface area contributed by atoms with Crippen molar-refractivity contribution in [2.75, 3.05) is 7.05 Å². The molecule has 16 heavy (non-hydrogen) atoms. The maximum atomic E-state index is 4.16. The van der Waals surface area contributed by atoms with Gasteiger partial charge in [-0.2, -0.15) is 0 Å². The lowest BCUT2D eigenvalue weighted by Gasteiger charge is -2.08. The van der Waals surface area contributed by atoms with Crippen molar-refractivity contribution in [2.45, 2.75) is 13.1 Å². The topological polar surface area (TPSA) is 29.9 Å². The Morgan fingerprint density at radius 1 is 1.44 bits per heavy atom. The van der Waals surface area contributed by atoms with Gasteiger partial charge < -0.3 is 9.88 Å². The highest BCUT2D eigenvalue weighted by Gasteiger charge is 2.01. The van der Waals surface area contributed by atoms with Crippen molar-refractivity contribution in [1.29, 1.82) is 0 Å². The lowest BCUT2D eigenvalue weighted by atomic mass is 10.3. The van der Waals surface area contributed by atoms with Crippen molar-refractivity contribution < 1.29 is 0 Å². The molecule has 0 aromatic carbocycles. The van der Waals surface area contributed by atoms with Crippen LogP contribution >= 0.6 is 15.9 Å².